The van der Waals surface area contributed by atoms with E-state index in [1.54, 1.807) is 0 Å². The fraction of sp³-hybridized carbons (Fsp3) is 0.0370. The van der Waals surface area contributed by atoms with Crippen molar-refractivity contribution in [2.45, 2.75) is 6.92 Å². The Hall–Kier alpha value is -4.56. The summed E-state index contributed by atoms with van der Waals surface area (Å²) < 4.78 is 11.1. The monoisotopic (exact) mass is 452 g/mol. The number of ether oxygens (including phenoxy) is 1. The summed E-state index contributed by atoms with van der Waals surface area (Å²) in [5, 5.41) is 5.04. The first kappa shape index (κ1) is 17.0. The summed E-state index contributed by atoms with van der Waals surface area (Å²) in [5.74, 6) is 1.57. The number of aromatic nitrogens is 4. The van der Waals surface area contributed by atoms with Crippen LogP contribution in [0.25, 0.3) is 22.5 Å². The highest BCUT2D eigenvalue weighted by molar-refractivity contribution is 7.01. The molecule has 2 aromatic carbocycles. The van der Waals surface area contributed by atoms with Crippen molar-refractivity contribution in [3.8, 4) is 34.1 Å². The Labute approximate surface area is 199 Å². The summed E-state index contributed by atoms with van der Waals surface area (Å²) in [6.45, 7) is 2.00. The van der Waals surface area contributed by atoms with Crippen molar-refractivity contribution >= 4 is 34.7 Å². The van der Waals surface area contributed by atoms with Gasteiger partial charge >= 0.3 is 24.0 Å². The second-order valence-corrected chi connectivity index (χ2v) is 9.85. The Morgan fingerprint density at radius 2 is 1.77 bits per heavy atom. The molecule has 0 aliphatic carbocycles. The molecule has 1 atom stereocenters. The van der Waals surface area contributed by atoms with Gasteiger partial charge < -0.3 is 4.74 Å². The average Bonchev–Trinajstić information content (AvgIpc) is 3.51. The molecule has 3 aromatic heterocycles. The molecule has 1 spiro atoms. The van der Waals surface area contributed by atoms with Crippen LogP contribution in [0, 0.1) is 6.92 Å². The molecule has 0 amide bonds. The second-order valence-electron chi connectivity index (χ2n) is 9.85. The van der Waals surface area contributed by atoms with Crippen LogP contribution in [0.3, 0.4) is 0 Å². The molecule has 8 heterocycles. The van der Waals surface area contributed by atoms with Crippen LogP contribution in [-0.2, 0) is 0 Å². The predicted octanol–water partition coefficient (Wildman–Crippen LogP) is 0.904. The van der Waals surface area contributed by atoms with E-state index in [1.165, 1.54) is 11.2 Å². The SMILES string of the molecule is Cc1cc2n(n1)[N+]13c4c(ccc5c4B4c6c(cccc6-c6ccc[n+]1c64)C5=O)Oc1cccc-2[n+]13. The number of hydrogen-bond donors (Lipinski definition) is 0. The van der Waals surface area contributed by atoms with Crippen LogP contribution in [-0.4, -0.2) is 22.4 Å². The molecule has 160 valence electrons. The number of quaternary nitrogens is 1. The maximum atomic E-state index is 13.9. The quantitative estimate of drug-likeness (QED) is 0.195. The fourth-order valence-corrected chi connectivity index (χ4v) is 7.22. The lowest BCUT2D eigenvalue weighted by molar-refractivity contribution is -1.05. The molecule has 7 nitrogen and oxygen atoms in total. The van der Waals surface area contributed by atoms with Crippen molar-refractivity contribution in [3.63, 3.8) is 0 Å². The van der Waals surface area contributed by atoms with Crippen molar-refractivity contribution in [1.82, 2.24) is 14.7 Å². The van der Waals surface area contributed by atoms with E-state index < -0.39 is 0 Å². The molecule has 5 aliphatic rings. The van der Waals surface area contributed by atoms with E-state index >= 15 is 0 Å². The van der Waals surface area contributed by atoms with E-state index in [1.807, 2.05) is 43.3 Å². The Morgan fingerprint density at radius 3 is 2.71 bits per heavy atom. The molecule has 0 radical (unpaired) electrons. The summed E-state index contributed by atoms with van der Waals surface area (Å²) in [5.41, 5.74) is 11.1. The molecule has 35 heavy (non-hydrogen) atoms. The highest BCUT2D eigenvalue weighted by Crippen LogP contribution is 2.46. The summed E-state index contributed by atoms with van der Waals surface area (Å²) in [6, 6.07) is 22.6. The Kier molecular flexibility index (Phi) is 2.39. The average molecular weight is 452 g/mol. The van der Waals surface area contributed by atoms with Gasteiger partial charge in [-0.2, -0.15) is 0 Å². The number of fused-ring (bicyclic) bond motifs is 3. The highest BCUT2D eigenvalue weighted by Gasteiger charge is 2.75. The van der Waals surface area contributed by atoms with Crippen molar-refractivity contribution in [1.29, 1.82) is 0 Å². The van der Waals surface area contributed by atoms with Crippen LogP contribution >= 0.6 is 0 Å². The number of pyridine rings is 2. The van der Waals surface area contributed by atoms with Crippen LogP contribution in [0.1, 0.15) is 21.6 Å². The molecular weight excluding hydrogens is 437 g/mol. The van der Waals surface area contributed by atoms with E-state index in [2.05, 4.69) is 50.7 Å². The summed E-state index contributed by atoms with van der Waals surface area (Å²) in [4.78, 5) is 16.1. The van der Waals surface area contributed by atoms with E-state index in [-0.39, 0.29) is 17.3 Å². The van der Waals surface area contributed by atoms with Gasteiger partial charge in [0.15, 0.2) is 5.78 Å². The highest BCUT2D eigenvalue weighted by atomic mass is 16.5. The minimum absolute atomic E-state index is 0.0255. The normalized spacial score (nSPS) is 19.3. The fourth-order valence-electron chi connectivity index (χ4n) is 7.22. The van der Waals surface area contributed by atoms with Gasteiger partial charge in [0.1, 0.15) is 4.68 Å². The maximum Gasteiger partial charge on any atom is 0.440 e. The van der Waals surface area contributed by atoms with Gasteiger partial charge in [-0.3, -0.25) is 4.79 Å². The van der Waals surface area contributed by atoms with Crippen molar-refractivity contribution in [2.75, 3.05) is 0 Å². The second kappa shape index (κ2) is 4.94. The van der Waals surface area contributed by atoms with E-state index in [0.29, 0.717) is 0 Å². The third-order valence-electron chi connectivity index (χ3n) is 8.29. The van der Waals surface area contributed by atoms with Gasteiger partial charge in [0.25, 0.3) is 4.81 Å². The number of ketones is 1. The lowest BCUT2D eigenvalue weighted by atomic mass is 9.35. The van der Waals surface area contributed by atoms with Gasteiger partial charge in [0, 0.05) is 39.1 Å². The zero-order valence-electron chi connectivity index (χ0n) is 18.6. The number of aryl methyl sites for hydroxylation is 1. The van der Waals surface area contributed by atoms with Gasteiger partial charge in [-0.15, -0.1) is 5.10 Å². The maximum absolute atomic E-state index is 13.9. The Balaban J connectivity index is 1.52. The molecule has 0 fully saturated rings. The number of carbonyl (C=O) groups is 1. The van der Waals surface area contributed by atoms with Crippen LogP contribution < -0.4 is 35.4 Å². The number of rotatable bonds is 0. The molecule has 0 saturated heterocycles. The smallest absolute Gasteiger partial charge is 0.394 e. The van der Waals surface area contributed by atoms with Crippen LogP contribution in [0.4, 0.5) is 5.69 Å². The molecule has 0 bridgehead atoms. The molecular formula is C27H15BN5O2+3. The van der Waals surface area contributed by atoms with Crippen LogP contribution in [0.5, 0.6) is 11.6 Å². The van der Waals surface area contributed by atoms with Crippen molar-refractivity contribution in [3.05, 3.63) is 89.7 Å². The minimum Gasteiger partial charge on any atom is -0.394 e. The predicted molar refractivity (Wildman–Crippen MR) is 127 cm³/mol. The van der Waals surface area contributed by atoms with Crippen LogP contribution in [0.15, 0.2) is 72.9 Å². The minimum atomic E-state index is -0.0255. The first-order valence-electron chi connectivity index (χ1n) is 11.8. The molecule has 5 aliphatic heterocycles. The zero-order chi connectivity index (χ0) is 22.8. The van der Waals surface area contributed by atoms with E-state index in [4.69, 9.17) is 9.84 Å². The summed E-state index contributed by atoms with van der Waals surface area (Å²) in [7, 11) is 0. The van der Waals surface area contributed by atoms with Crippen molar-refractivity contribution < 1.29 is 18.9 Å². The van der Waals surface area contributed by atoms with E-state index in [9.17, 15) is 4.79 Å². The number of benzene rings is 2. The zero-order valence-corrected chi connectivity index (χ0v) is 18.6. The third kappa shape index (κ3) is 1.48. The Bertz CT molecular complexity index is 1940. The van der Waals surface area contributed by atoms with Crippen molar-refractivity contribution in [2.24, 2.45) is 0 Å². The first-order chi connectivity index (χ1) is 17.2. The molecule has 0 N–H and O–H groups in total. The third-order valence-corrected chi connectivity index (χ3v) is 8.29. The molecule has 0 saturated carbocycles. The molecule has 8 heteroatoms. The lowest BCUT2D eigenvalue weighted by Crippen LogP contribution is -2.96. The summed E-state index contributed by atoms with van der Waals surface area (Å²) in [6.07, 6.45) is 2.14. The molecule has 1 unspecified atom stereocenters. The topological polar surface area (TPSA) is 51.9 Å². The van der Waals surface area contributed by atoms with E-state index in [0.717, 1.165) is 62.0 Å². The number of carbonyl (C=O) groups excluding carboxylic acids is 1. The van der Waals surface area contributed by atoms with Gasteiger partial charge in [0.2, 0.25) is 23.2 Å². The molecule has 5 aromatic rings. The van der Waals surface area contributed by atoms with Gasteiger partial charge in [-0.25, -0.2) is 0 Å². The summed E-state index contributed by atoms with van der Waals surface area (Å²) >= 11 is 0. The number of hydrogen-bond acceptors (Lipinski definition) is 3. The van der Waals surface area contributed by atoms with Crippen LogP contribution in [0.2, 0.25) is 0 Å². The largest absolute Gasteiger partial charge is 0.440 e. The molecule has 10 rings (SSSR count). The Morgan fingerprint density at radius 1 is 0.943 bits per heavy atom. The number of nitrogens with zero attached hydrogens (tertiary/aromatic N) is 5. The van der Waals surface area contributed by atoms with Gasteiger partial charge in [-0.05, 0) is 48.3 Å². The van der Waals surface area contributed by atoms with Gasteiger partial charge in [0.05, 0.1) is 16.4 Å². The standard InChI is InChI=1S/C27H15BN5O2/c1-14-13-20-19-8-3-9-22-31(19)33(32(20)29-14)25-21(35-22)11-10-18-24(25)28-23-15(5-2-6-17(23)26(18)34)16-7-4-12-30(33)27(16)28/h2-13H,1H3/q+3. The van der Waals surface area contributed by atoms with Gasteiger partial charge in [-0.1, -0.05) is 18.2 Å². The lowest BCUT2D eigenvalue weighted by Gasteiger charge is -2.32. The first-order valence-corrected chi connectivity index (χ1v) is 11.8.